The SMILES string of the molecule is O=C(CSc1nc2ccc(N=Cc3cc(Cl)cc(Cl)c3O)cc2s1)Nc1ccc(F)cc1. The highest BCUT2D eigenvalue weighted by Crippen LogP contribution is 2.33. The first-order valence-corrected chi connectivity index (χ1v) is 11.7. The van der Waals surface area contributed by atoms with Crippen LogP contribution in [0.5, 0.6) is 5.75 Å². The summed E-state index contributed by atoms with van der Waals surface area (Å²) >= 11 is 14.7. The van der Waals surface area contributed by atoms with E-state index in [1.165, 1.54) is 59.6 Å². The molecular weight excluding hydrogens is 492 g/mol. The third kappa shape index (κ3) is 5.58. The third-order valence-electron chi connectivity index (χ3n) is 4.22. The maximum absolute atomic E-state index is 13.0. The van der Waals surface area contributed by atoms with Gasteiger partial charge in [0.1, 0.15) is 11.6 Å². The minimum atomic E-state index is -0.358. The summed E-state index contributed by atoms with van der Waals surface area (Å²) in [5, 5.41) is 13.3. The number of aromatic hydroxyl groups is 1. The largest absolute Gasteiger partial charge is 0.506 e. The summed E-state index contributed by atoms with van der Waals surface area (Å²) in [6.45, 7) is 0. The first kappa shape index (κ1) is 22.5. The Kier molecular flexibility index (Phi) is 6.95. The van der Waals surface area contributed by atoms with Crippen molar-refractivity contribution >= 4 is 80.0 Å². The predicted octanol–water partition coefficient (Wildman–Crippen LogP) is 6.93. The number of carbonyl (C=O) groups is 1. The van der Waals surface area contributed by atoms with Crippen LogP contribution in [0.1, 0.15) is 5.56 Å². The lowest BCUT2D eigenvalue weighted by atomic mass is 10.2. The van der Waals surface area contributed by atoms with Gasteiger partial charge in [0.25, 0.3) is 0 Å². The average Bonchev–Trinajstić information content (AvgIpc) is 3.17. The Morgan fingerprint density at radius 2 is 1.97 bits per heavy atom. The van der Waals surface area contributed by atoms with E-state index in [0.29, 0.717) is 22.0 Å². The number of nitrogens with zero attached hydrogens (tertiary/aromatic N) is 2. The summed E-state index contributed by atoms with van der Waals surface area (Å²) in [6, 6.07) is 14.1. The Balaban J connectivity index is 1.42. The van der Waals surface area contributed by atoms with Crippen molar-refractivity contribution in [3.63, 3.8) is 0 Å². The van der Waals surface area contributed by atoms with Crippen LogP contribution in [0.4, 0.5) is 15.8 Å². The molecule has 0 aliphatic rings. The molecule has 162 valence electrons. The van der Waals surface area contributed by atoms with Gasteiger partial charge in [-0.05, 0) is 54.6 Å². The highest BCUT2D eigenvalue weighted by atomic mass is 35.5. The fourth-order valence-corrected chi connectivity index (χ4v) is 5.13. The van der Waals surface area contributed by atoms with Crippen molar-refractivity contribution in [3.05, 3.63) is 76.0 Å². The number of anilines is 1. The van der Waals surface area contributed by atoms with Crippen LogP contribution in [0.25, 0.3) is 10.2 Å². The second kappa shape index (κ2) is 9.87. The number of rotatable bonds is 6. The topological polar surface area (TPSA) is 74.6 Å². The van der Waals surface area contributed by atoms with Crippen LogP contribution in [0, 0.1) is 5.82 Å². The molecule has 0 bridgehead atoms. The number of thiazole rings is 1. The molecule has 3 aromatic carbocycles. The number of fused-ring (bicyclic) bond motifs is 1. The number of hydrogen-bond donors (Lipinski definition) is 2. The molecule has 0 fully saturated rings. The third-order valence-corrected chi connectivity index (χ3v) is 6.88. The molecule has 10 heteroatoms. The van der Waals surface area contributed by atoms with Gasteiger partial charge in [0.15, 0.2) is 4.34 Å². The van der Waals surface area contributed by atoms with Gasteiger partial charge in [-0.25, -0.2) is 9.37 Å². The maximum atomic E-state index is 13.0. The lowest BCUT2D eigenvalue weighted by molar-refractivity contribution is -0.113. The molecule has 0 saturated carbocycles. The van der Waals surface area contributed by atoms with Crippen molar-refractivity contribution in [2.45, 2.75) is 4.34 Å². The highest BCUT2D eigenvalue weighted by Gasteiger charge is 2.10. The number of thioether (sulfide) groups is 1. The lowest BCUT2D eigenvalue weighted by Gasteiger charge is -2.03. The molecule has 0 saturated heterocycles. The van der Waals surface area contributed by atoms with E-state index in [-0.39, 0.29) is 28.2 Å². The van der Waals surface area contributed by atoms with Gasteiger partial charge < -0.3 is 10.4 Å². The zero-order valence-electron chi connectivity index (χ0n) is 16.2. The molecular formula is C22H14Cl2FN3O2S2. The fraction of sp³-hybridized carbons (Fsp3) is 0.0455. The molecule has 0 spiro atoms. The van der Waals surface area contributed by atoms with Crippen LogP contribution in [-0.2, 0) is 4.79 Å². The van der Waals surface area contributed by atoms with Crippen LogP contribution in [0.2, 0.25) is 10.0 Å². The quantitative estimate of drug-likeness (QED) is 0.220. The van der Waals surface area contributed by atoms with Gasteiger partial charge in [0.05, 0.1) is 26.7 Å². The normalized spacial score (nSPS) is 11.3. The monoisotopic (exact) mass is 505 g/mol. The maximum Gasteiger partial charge on any atom is 0.234 e. The van der Waals surface area contributed by atoms with Gasteiger partial charge in [-0.1, -0.05) is 35.0 Å². The summed E-state index contributed by atoms with van der Waals surface area (Å²) < 4.78 is 14.6. The summed E-state index contributed by atoms with van der Waals surface area (Å²) in [5.74, 6) is -0.469. The molecule has 0 aliphatic carbocycles. The minimum Gasteiger partial charge on any atom is -0.506 e. The van der Waals surface area contributed by atoms with Gasteiger partial charge in [-0.15, -0.1) is 11.3 Å². The molecule has 1 amide bonds. The zero-order valence-corrected chi connectivity index (χ0v) is 19.3. The van der Waals surface area contributed by atoms with Gasteiger partial charge in [-0.2, -0.15) is 0 Å². The Morgan fingerprint density at radius 3 is 2.75 bits per heavy atom. The van der Waals surface area contributed by atoms with Crippen LogP contribution < -0.4 is 5.32 Å². The number of nitrogens with one attached hydrogen (secondary N) is 1. The van der Waals surface area contributed by atoms with Crippen LogP contribution in [0.15, 0.2) is 63.9 Å². The van der Waals surface area contributed by atoms with Crippen LogP contribution >= 0.6 is 46.3 Å². The van der Waals surface area contributed by atoms with E-state index < -0.39 is 0 Å². The molecule has 2 N–H and O–H groups in total. The zero-order chi connectivity index (χ0) is 22.7. The van der Waals surface area contributed by atoms with Crippen LogP contribution in [0.3, 0.4) is 0 Å². The van der Waals surface area contributed by atoms with Crippen molar-refractivity contribution in [2.75, 3.05) is 11.1 Å². The molecule has 0 aliphatic heterocycles. The number of amides is 1. The summed E-state index contributed by atoms with van der Waals surface area (Å²) in [7, 11) is 0. The number of aliphatic imine (C=N–C) groups is 1. The smallest absolute Gasteiger partial charge is 0.234 e. The molecule has 1 heterocycles. The van der Waals surface area contributed by atoms with Crippen molar-refractivity contribution in [1.29, 1.82) is 0 Å². The van der Waals surface area contributed by atoms with E-state index in [0.717, 1.165) is 14.6 Å². The Labute approximate surface area is 200 Å². The average molecular weight is 506 g/mol. The van der Waals surface area contributed by atoms with Crippen LogP contribution in [-0.4, -0.2) is 28.0 Å². The van der Waals surface area contributed by atoms with Crippen molar-refractivity contribution < 1.29 is 14.3 Å². The van der Waals surface area contributed by atoms with Crippen molar-refractivity contribution in [3.8, 4) is 5.75 Å². The van der Waals surface area contributed by atoms with E-state index >= 15 is 0 Å². The number of phenols is 1. The molecule has 4 rings (SSSR count). The highest BCUT2D eigenvalue weighted by molar-refractivity contribution is 8.01. The number of phenolic OH excluding ortho intramolecular Hbond substituents is 1. The van der Waals surface area contributed by atoms with E-state index in [9.17, 15) is 14.3 Å². The number of hydrogen-bond acceptors (Lipinski definition) is 6. The fourth-order valence-electron chi connectivity index (χ4n) is 2.72. The number of halogens is 3. The predicted molar refractivity (Wildman–Crippen MR) is 131 cm³/mol. The molecule has 0 atom stereocenters. The molecule has 0 radical (unpaired) electrons. The Bertz CT molecular complexity index is 1330. The molecule has 0 unspecified atom stereocenters. The molecule has 5 nitrogen and oxygen atoms in total. The van der Waals surface area contributed by atoms with Gasteiger partial charge in [0, 0.05) is 22.5 Å². The first-order valence-electron chi connectivity index (χ1n) is 9.18. The van der Waals surface area contributed by atoms with Crippen molar-refractivity contribution in [1.82, 2.24) is 4.98 Å². The Hall–Kier alpha value is -2.65. The molecule has 4 aromatic rings. The van der Waals surface area contributed by atoms with E-state index in [4.69, 9.17) is 23.2 Å². The lowest BCUT2D eigenvalue weighted by Crippen LogP contribution is -2.13. The molecule has 1 aromatic heterocycles. The standard InChI is InChI=1S/C22H14Cl2FN3O2S2/c23-13-7-12(21(30)17(24)8-13)10-26-16-5-6-18-19(9-16)32-22(28-18)31-11-20(29)27-15-3-1-14(25)2-4-15/h1-10,30H,11H2,(H,27,29). The second-order valence-electron chi connectivity index (χ2n) is 6.56. The van der Waals surface area contributed by atoms with Gasteiger partial charge >= 0.3 is 0 Å². The number of aromatic nitrogens is 1. The number of carbonyl (C=O) groups excluding carboxylic acids is 1. The van der Waals surface area contributed by atoms with E-state index in [2.05, 4.69) is 15.3 Å². The van der Waals surface area contributed by atoms with E-state index in [1.807, 2.05) is 12.1 Å². The van der Waals surface area contributed by atoms with Gasteiger partial charge in [0.2, 0.25) is 5.91 Å². The Morgan fingerprint density at radius 1 is 1.19 bits per heavy atom. The summed E-state index contributed by atoms with van der Waals surface area (Å²) in [4.78, 5) is 21.0. The minimum absolute atomic E-state index is 0.0868. The second-order valence-corrected chi connectivity index (χ2v) is 9.66. The van der Waals surface area contributed by atoms with Crippen molar-refractivity contribution in [2.24, 2.45) is 4.99 Å². The summed E-state index contributed by atoms with van der Waals surface area (Å²) in [6.07, 6.45) is 1.49. The first-order chi connectivity index (χ1) is 15.4. The van der Waals surface area contributed by atoms with Gasteiger partial charge in [-0.3, -0.25) is 9.79 Å². The molecule has 32 heavy (non-hydrogen) atoms. The summed E-state index contributed by atoms with van der Waals surface area (Å²) in [5.41, 5.74) is 2.41. The van der Waals surface area contributed by atoms with E-state index in [1.54, 1.807) is 12.1 Å². The number of benzene rings is 3.